The fraction of sp³-hybridized carbons (Fsp3) is 0.480. The van der Waals surface area contributed by atoms with Gasteiger partial charge in [0, 0.05) is 24.9 Å². The monoisotopic (exact) mass is 534 g/mol. The van der Waals surface area contributed by atoms with Crippen molar-refractivity contribution >= 4 is 16.2 Å². The Kier molecular flexibility index (Phi) is 6.59. The summed E-state index contributed by atoms with van der Waals surface area (Å²) in [6.07, 6.45) is 0. The first-order valence-corrected chi connectivity index (χ1v) is 13.5. The summed E-state index contributed by atoms with van der Waals surface area (Å²) in [6, 6.07) is 6.12. The fourth-order valence-electron chi connectivity index (χ4n) is 5.61. The van der Waals surface area contributed by atoms with Crippen LogP contribution in [0.2, 0.25) is 0 Å². The van der Waals surface area contributed by atoms with Gasteiger partial charge in [0.25, 0.3) is 10.2 Å². The van der Waals surface area contributed by atoms with E-state index < -0.39 is 40.0 Å². The molecule has 2 heterocycles. The number of phenols is 1. The highest BCUT2D eigenvalue weighted by atomic mass is 32.2. The number of rotatable bonds is 8. The van der Waals surface area contributed by atoms with Crippen LogP contribution in [0.3, 0.4) is 0 Å². The number of aromatic hydroxyl groups is 1. The van der Waals surface area contributed by atoms with Crippen molar-refractivity contribution < 1.29 is 42.0 Å². The number of benzene rings is 2. The highest BCUT2D eigenvalue weighted by molar-refractivity contribution is 7.87. The van der Waals surface area contributed by atoms with Crippen molar-refractivity contribution in [3.8, 4) is 28.7 Å². The van der Waals surface area contributed by atoms with Gasteiger partial charge in [-0.2, -0.15) is 17.4 Å². The maximum absolute atomic E-state index is 13.3. The van der Waals surface area contributed by atoms with Crippen LogP contribution in [-0.2, 0) is 19.7 Å². The van der Waals surface area contributed by atoms with Crippen molar-refractivity contribution in [2.75, 3.05) is 40.7 Å². The summed E-state index contributed by atoms with van der Waals surface area (Å²) in [5.41, 5.74) is 1.99. The van der Waals surface area contributed by atoms with Crippen molar-refractivity contribution in [2.24, 2.45) is 11.8 Å². The van der Waals surface area contributed by atoms with Crippen LogP contribution in [-0.4, -0.2) is 64.5 Å². The second-order valence-corrected chi connectivity index (χ2v) is 10.8. The number of fused-ring (bicyclic) bond motifs is 3. The van der Waals surface area contributed by atoms with E-state index in [2.05, 4.69) is 4.72 Å². The van der Waals surface area contributed by atoms with Gasteiger partial charge >= 0.3 is 5.97 Å². The maximum Gasteiger partial charge on any atom is 0.310 e. The number of ether oxygens (including phenoxy) is 5. The molecule has 5 rings (SSSR count). The second kappa shape index (κ2) is 9.58. The van der Waals surface area contributed by atoms with Crippen LogP contribution < -0.4 is 23.7 Å². The van der Waals surface area contributed by atoms with Gasteiger partial charge < -0.3 is 28.8 Å². The van der Waals surface area contributed by atoms with Crippen molar-refractivity contribution in [3.63, 3.8) is 0 Å². The van der Waals surface area contributed by atoms with Crippen LogP contribution in [0.15, 0.2) is 24.3 Å². The Labute approximate surface area is 215 Å². The summed E-state index contributed by atoms with van der Waals surface area (Å²) in [5, 5.41) is 10.5. The van der Waals surface area contributed by atoms with Gasteiger partial charge in [0.05, 0.1) is 32.8 Å². The lowest BCUT2D eigenvalue weighted by Gasteiger charge is -2.40. The van der Waals surface area contributed by atoms with E-state index in [4.69, 9.17) is 23.7 Å². The lowest BCUT2D eigenvalue weighted by molar-refractivity contribution is -0.141. The van der Waals surface area contributed by atoms with Gasteiger partial charge in [-0.25, -0.2) is 0 Å². The Hall–Kier alpha value is -3.22. The predicted molar refractivity (Wildman–Crippen MR) is 131 cm³/mol. The van der Waals surface area contributed by atoms with E-state index in [1.165, 1.54) is 18.5 Å². The summed E-state index contributed by atoms with van der Waals surface area (Å²) in [7, 11) is -1.02. The molecule has 3 aliphatic rings. The third-order valence-electron chi connectivity index (χ3n) is 7.37. The van der Waals surface area contributed by atoms with E-state index >= 15 is 0 Å². The molecule has 0 bridgehead atoms. The first-order valence-electron chi connectivity index (χ1n) is 12.1. The number of cyclic esters (lactones) is 1. The highest BCUT2D eigenvalue weighted by Crippen LogP contribution is 2.55. The molecule has 0 unspecified atom stereocenters. The van der Waals surface area contributed by atoms with E-state index in [-0.39, 0.29) is 30.6 Å². The molecule has 2 aromatic rings. The Morgan fingerprint density at radius 1 is 1.00 bits per heavy atom. The molecule has 2 N–H and O–H groups in total. The Morgan fingerprint density at radius 3 is 2.16 bits per heavy atom. The minimum absolute atomic E-state index is 0.0362. The first kappa shape index (κ1) is 25.4. The number of nitrogens with one attached hydrogen (secondary N) is 1. The van der Waals surface area contributed by atoms with Crippen LogP contribution in [0, 0.1) is 11.8 Å². The normalized spacial score (nSPS) is 24.0. The van der Waals surface area contributed by atoms with Crippen molar-refractivity contribution in [2.45, 2.75) is 25.8 Å². The fourth-order valence-corrected chi connectivity index (χ4v) is 7.06. The minimum atomic E-state index is -3.87. The van der Waals surface area contributed by atoms with E-state index in [9.17, 15) is 18.3 Å². The molecule has 2 aromatic carbocycles. The Bertz CT molecular complexity index is 1300. The Balaban J connectivity index is 1.72. The standard InChI is InChI=1S/C25H30N2O9S/c1-5-27(6-2)37(30,31)26-23-15-10-18-17(35-12-36-18)9-14(15)21(22-16(23)11-34-25(22)29)13-7-19(32-3)24(28)20(8-13)33-4/h7-10,16,21-23,26,28H,5-6,11-12H2,1-4H3/t16-,21+,22-,23+/m0/s1. The topological polar surface area (TPSA) is 133 Å². The molecule has 0 aromatic heterocycles. The number of hydrogen-bond donors (Lipinski definition) is 2. The van der Waals surface area contributed by atoms with Crippen LogP contribution in [0.1, 0.15) is 42.5 Å². The zero-order chi connectivity index (χ0) is 26.5. The van der Waals surface area contributed by atoms with Gasteiger partial charge in [-0.1, -0.05) is 13.8 Å². The average molecular weight is 535 g/mol. The van der Waals surface area contributed by atoms with Crippen molar-refractivity contribution in [1.29, 1.82) is 0 Å². The lowest BCUT2D eigenvalue weighted by Crippen LogP contribution is -2.47. The quantitative estimate of drug-likeness (QED) is 0.490. The Morgan fingerprint density at radius 2 is 1.59 bits per heavy atom. The molecule has 1 aliphatic carbocycles. The number of methoxy groups -OCH3 is 2. The molecule has 4 atom stereocenters. The summed E-state index contributed by atoms with van der Waals surface area (Å²) in [4.78, 5) is 13.2. The number of phenolic OH excluding ortho intramolecular Hbond substituents is 1. The van der Waals surface area contributed by atoms with Crippen LogP contribution in [0.25, 0.3) is 0 Å². The van der Waals surface area contributed by atoms with Crippen LogP contribution in [0.5, 0.6) is 28.7 Å². The maximum atomic E-state index is 13.3. The third kappa shape index (κ3) is 4.12. The van der Waals surface area contributed by atoms with Gasteiger partial charge in [-0.15, -0.1) is 0 Å². The number of nitrogens with zero attached hydrogens (tertiary/aromatic N) is 1. The van der Waals surface area contributed by atoms with E-state index in [0.717, 1.165) is 0 Å². The molecule has 0 radical (unpaired) electrons. The smallest absolute Gasteiger partial charge is 0.310 e. The molecular formula is C25H30N2O9S. The third-order valence-corrected chi connectivity index (χ3v) is 9.12. The van der Waals surface area contributed by atoms with Gasteiger partial charge in [0.1, 0.15) is 0 Å². The molecule has 11 nitrogen and oxygen atoms in total. The summed E-state index contributed by atoms with van der Waals surface area (Å²) < 4.78 is 58.3. The SMILES string of the molecule is CCN(CC)S(=O)(=O)N[C@@H]1c2cc3c(cc2[C@@H](c2cc(OC)c(O)c(OC)c2)[C@H]2C(=O)OC[C@@H]21)OCO3. The van der Waals surface area contributed by atoms with Crippen LogP contribution >= 0.6 is 0 Å². The number of esters is 1. The molecule has 0 amide bonds. The van der Waals surface area contributed by atoms with Gasteiger partial charge in [-0.3, -0.25) is 4.79 Å². The summed E-state index contributed by atoms with van der Waals surface area (Å²) in [5.74, 6) is -0.999. The molecule has 0 spiro atoms. The first-order chi connectivity index (χ1) is 17.7. The average Bonchev–Trinajstić information content (AvgIpc) is 3.50. The second-order valence-electron chi connectivity index (χ2n) is 9.09. The zero-order valence-electron chi connectivity index (χ0n) is 21.0. The highest BCUT2D eigenvalue weighted by Gasteiger charge is 2.53. The van der Waals surface area contributed by atoms with Gasteiger partial charge in [0.2, 0.25) is 12.5 Å². The molecule has 0 saturated carbocycles. The molecule has 200 valence electrons. The predicted octanol–water partition coefficient (Wildman–Crippen LogP) is 2.29. The number of carbonyl (C=O) groups is 1. The molecule has 12 heteroatoms. The van der Waals surface area contributed by atoms with Crippen molar-refractivity contribution in [1.82, 2.24) is 9.03 Å². The zero-order valence-corrected chi connectivity index (χ0v) is 21.8. The summed E-state index contributed by atoms with van der Waals surface area (Å²) >= 11 is 0. The van der Waals surface area contributed by atoms with Crippen molar-refractivity contribution in [3.05, 3.63) is 41.0 Å². The number of hydrogen-bond acceptors (Lipinski definition) is 9. The van der Waals surface area contributed by atoms with E-state index in [1.54, 1.807) is 38.1 Å². The van der Waals surface area contributed by atoms with E-state index in [1.807, 2.05) is 0 Å². The molecule has 1 saturated heterocycles. The molecule has 37 heavy (non-hydrogen) atoms. The van der Waals surface area contributed by atoms with Crippen LogP contribution in [0.4, 0.5) is 0 Å². The number of carbonyl (C=O) groups excluding carboxylic acids is 1. The minimum Gasteiger partial charge on any atom is -0.502 e. The molecular weight excluding hydrogens is 504 g/mol. The molecule has 2 aliphatic heterocycles. The largest absolute Gasteiger partial charge is 0.502 e. The van der Waals surface area contributed by atoms with Gasteiger partial charge in [-0.05, 0) is 41.0 Å². The van der Waals surface area contributed by atoms with E-state index in [0.29, 0.717) is 41.3 Å². The molecule has 1 fully saturated rings. The summed E-state index contributed by atoms with van der Waals surface area (Å²) in [6.45, 7) is 4.21. The lowest BCUT2D eigenvalue weighted by atomic mass is 9.65. The van der Waals surface area contributed by atoms with Gasteiger partial charge in [0.15, 0.2) is 23.0 Å².